The van der Waals surface area contributed by atoms with E-state index in [9.17, 15) is 0 Å². The van der Waals surface area contributed by atoms with Gasteiger partial charge in [-0.3, -0.25) is 10.1 Å². The topological polar surface area (TPSA) is 67.7 Å². The Balaban J connectivity index is 2.25. The van der Waals surface area contributed by atoms with Crippen LogP contribution in [0.25, 0.3) is 0 Å². The molecule has 1 fully saturated rings. The summed E-state index contributed by atoms with van der Waals surface area (Å²) < 4.78 is 1.94. The molecule has 1 aliphatic carbocycles. The zero-order valence-corrected chi connectivity index (χ0v) is 8.45. The van der Waals surface area contributed by atoms with Gasteiger partial charge in [-0.05, 0) is 19.8 Å². The van der Waals surface area contributed by atoms with Gasteiger partial charge < -0.3 is 5.73 Å². The normalized spacial score (nSPS) is 15.8. The first-order valence-electron chi connectivity index (χ1n) is 5.09. The van der Waals surface area contributed by atoms with Gasteiger partial charge in [-0.2, -0.15) is 5.10 Å². The fraction of sp³-hybridized carbons (Fsp3) is 0.600. The average molecular weight is 192 g/mol. The summed E-state index contributed by atoms with van der Waals surface area (Å²) in [6.45, 7) is 2.96. The van der Waals surface area contributed by atoms with Crippen molar-refractivity contribution in [1.82, 2.24) is 9.78 Å². The summed E-state index contributed by atoms with van der Waals surface area (Å²) in [4.78, 5) is 0. The Kier molecular flexibility index (Phi) is 2.27. The van der Waals surface area contributed by atoms with Gasteiger partial charge in [0.15, 0.2) is 0 Å². The molecule has 0 bridgehead atoms. The molecule has 0 unspecified atom stereocenters. The van der Waals surface area contributed by atoms with Gasteiger partial charge in [-0.15, -0.1) is 0 Å². The Morgan fingerprint density at radius 2 is 2.43 bits per heavy atom. The molecule has 2 rings (SSSR count). The first kappa shape index (κ1) is 9.24. The van der Waals surface area contributed by atoms with E-state index in [4.69, 9.17) is 11.1 Å². The molecule has 1 aliphatic rings. The lowest BCUT2D eigenvalue weighted by Crippen LogP contribution is -2.13. The Morgan fingerprint density at radius 3 is 2.93 bits per heavy atom. The molecule has 3 N–H and O–H groups in total. The van der Waals surface area contributed by atoms with Crippen molar-refractivity contribution in [3.05, 3.63) is 17.5 Å². The third kappa shape index (κ3) is 1.78. The van der Waals surface area contributed by atoms with Gasteiger partial charge in [0.2, 0.25) is 0 Å². The lowest BCUT2D eigenvalue weighted by Gasteiger charge is -1.97. The van der Waals surface area contributed by atoms with E-state index in [0.29, 0.717) is 12.3 Å². The van der Waals surface area contributed by atoms with Crippen molar-refractivity contribution < 1.29 is 0 Å². The number of nitrogens with two attached hydrogens (primary N) is 1. The predicted molar refractivity (Wildman–Crippen MR) is 55.5 cm³/mol. The fourth-order valence-electron chi connectivity index (χ4n) is 1.68. The van der Waals surface area contributed by atoms with Crippen LogP contribution in [0.5, 0.6) is 0 Å². The van der Waals surface area contributed by atoms with E-state index in [1.165, 1.54) is 18.5 Å². The third-order valence-electron chi connectivity index (χ3n) is 2.54. The highest BCUT2D eigenvalue weighted by atomic mass is 15.3. The molecule has 0 aromatic carbocycles. The largest absolute Gasteiger partial charge is 0.387 e. The van der Waals surface area contributed by atoms with Crippen molar-refractivity contribution in [2.45, 2.75) is 38.6 Å². The van der Waals surface area contributed by atoms with Gasteiger partial charge in [0.1, 0.15) is 0 Å². The number of hydrogen-bond acceptors (Lipinski definition) is 2. The van der Waals surface area contributed by atoms with Crippen molar-refractivity contribution in [2.75, 3.05) is 0 Å². The molecule has 0 atom stereocenters. The molecule has 0 spiro atoms. The first-order valence-corrected chi connectivity index (χ1v) is 5.09. The molecule has 1 aromatic rings. The summed E-state index contributed by atoms with van der Waals surface area (Å²) in [6, 6.07) is 0. The highest BCUT2D eigenvalue weighted by Gasteiger charge is 2.29. The van der Waals surface area contributed by atoms with E-state index in [2.05, 4.69) is 12.0 Å². The van der Waals surface area contributed by atoms with E-state index in [1.807, 2.05) is 10.9 Å². The molecule has 1 saturated carbocycles. The lowest BCUT2D eigenvalue weighted by atomic mass is 10.1. The SMILES string of the molecule is CCn1cc(CC(=N)N)c(C2CC2)n1. The monoisotopic (exact) mass is 192 g/mol. The highest BCUT2D eigenvalue weighted by Crippen LogP contribution is 2.40. The molecule has 0 radical (unpaired) electrons. The molecule has 1 aromatic heterocycles. The molecule has 76 valence electrons. The maximum atomic E-state index is 7.30. The van der Waals surface area contributed by atoms with Gasteiger partial charge in [-0.25, -0.2) is 0 Å². The smallest absolute Gasteiger partial charge is 0.0951 e. The molecule has 4 nitrogen and oxygen atoms in total. The minimum absolute atomic E-state index is 0.225. The van der Waals surface area contributed by atoms with Crippen LogP contribution in [-0.4, -0.2) is 15.6 Å². The number of aryl methyl sites for hydroxylation is 1. The van der Waals surface area contributed by atoms with Crippen LogP contribution >= 0.6 is 0 Å². The van der Waals surface area contributed by atoms with E-state index in [1.54, 1.807) is 0 Å². The maximum absolute atomic E-state index is 7.30. The van der Waals surface area contributed by atoms with Crippen LogP contribution in [0.4, 0.5) is 0 Å². The molecular formula is C10H16N4. The zero-order valence-electron chi connectivity index (χ0n) is 8.45. The molecule has 0 saturated heterocycles. The summed E-state index contributed by atoms with van der Waals surface area (Å²) >= 11 is 0. The van der Waals surface area contributed by atoms with Gasteiger partial charge >= 0.3 is 0 Å². The van der Waals surface area contributed by atoms with Crippen molar-refractivity contribution in [2.24, 2.45) is 5.73 Å². The summed E-state index contributed by atoms with van der Waals surface area (Å²) in [5, 5.41) is 11.8. The second-order valence-electron chi connectivity index (χ2n) is 3.87. The Labute approximate surface area is 83.6 Å². The second-order valence-corrected chi connectivity index (χ2v) is 3.87. The minimum atomic E-state index is 0.225. The standard InChI is InChI=1S/C10H16N4/c1-2-14-6-8(5-9(11)12)10(13-14)7-3-4-7/h6-7H,2-5H2,1H3,(H3,11,12). The van der Waals surface area contributed by atoms with Crippen LogP contribution in [0.15, 0.2) is 6.20 Å². The van der Waals surface area contributed by atoms with Crippen LogP contribution in [0, 0.1) is 5.41 Å². The van der Waals surface area contributed by atoms with Crippen LogP contribution in [0.1, 0.15) is 36.9 Å². The van der Waals surface area contributed by atoms with Gasteiger partial charge in [0.25, 0.3) is 0 Å². The summed E-state index contributed by atoms with van der Waals surface area (Å²) in [5.74, 6) is 0.861. The van der Waals surface area contributed by atoms with Crippen LogP contribution < -0.4 is 5.73 Å². The van der Waals surface area contributed by atoms with Crippen molar-refractivity contribution in [3.8, 4) is 0 Å². The molecule has 0 amide bonds. The average Bonchev–Trinajstić information content (AvgIpc) is 2.88. The predicted octanol–water partition coefficient (Wildman–Crippen LogP) is 1.26. The number of nitrogens with zero attached hydrogens (tertiary/aromatic N) is 2. The number of aromatic nitrogens is 2. The number of nitrogens with one attached hydrogen (secondary N) is 1. The Hall–Kier alpha value is -1.32. The summed E-state index contributed by atoms with van der Waals surface area (Å²) in [7, 11) is 0. The summed E-state index contributed by atoms with van der Waals surface area (Å²) in [6.07, 6.45) is 5.05. The zero-order chi connectivity index (χ0) is 10.1. The molecule has 1 heterocycles. The van der Waals surface area contributed by atoms with Crippen LogP contribution in [-0.2, 0) is 13.0 Å². The summed E-state index contributed by atoms with van der Waals surface area (Å²) in [5.41, 5.74) is 7.72. The number of hydrogen-bond donors (Lipinski definition) is 2. The van der Waals surface area contributed by atoms with E-state index in [-0.39, 0.29) is 5.84 Å². The lowest BCUT2D eigenvalue weighted by molar-refractivity contribution is 0.647. The van der Waals surface area contributed by atoms with E-state index >= 15 is 0 Å². The van der Waals surface area contributed by atoms with E-state index in [0.717, 1.165) is 12.1 Å². The molecule has 4 heteroatoms. The maximum Gasteiger partial charge on any atom is 0.0951 e. The van der Waals surface area contributed by atoms with Crippen molar-refractivity contribution >= 4 is 5.84 Å². The first-order chi connectivity index (χ1) is 6.70. The van der Waals surface area contributed by atoms with Crippen LogP contribution in [0.3, 0.4) is 0 Å². The third-order valence-corrected chi connectivity index (χ3v) is 2.54. The Morgan fingerprint density at radius 1 is 1.71 bits per heavy atom. The number of rotatable bonds is 4. The van der Waals surface area contributed by atoms with Gasteiger partial charge in [0, 0.05) is 30.6 Å². The van der Waals surface area contributed by atoms with E-state index < -0.39 is 0 Å². The Bertz CT molecular complexity index is 349. The van der Waals surface area contributed by atoms with Gasteiger partial charge in [0.05, 0.1) is 11.5 Å². The quantitative estimate of drug-likeness (QED) is 0.557. The van der Waals surface area contributed by atoms with Crippen molar-refractivity contribution in [1.29, 1.82) is 5.41 Å². The van der Waals surface area contributed by atoms with Crippen LogP contribution in [0.2, 0.25) is 0 Å². The molecular weight excluding hydrogens is 176 g/mol. The number of amidine groups is 1. The molecule has 14 heavy (non-hydrogen) atoms. The second kappa shape index (κ2) is 3.44. The van der Waals surface area contributed by atoms with Crippen molar-refractivity contribution in [3.63, 3.8) is 0 Å². The fourth-order valence-corrected chi connectivity index (χ4v) is 1.68. The van der Waals surface area contributed by atoms with Gasteiger partial charge in [-0.1, -0.05) is 0 Å². The highest BCUT2D eigenvalue weighted by molar-refractivity contribution is 5.79. The molecule has 0 aliphatic heterocycles. The minimum Gasteiger partial charge on any atom is -0.387 e.